The maximum atomic E-state index is 5.99. The Hall–Kier alpha value is -0.340. The quantitative estimate of drug-likeness (QED) is 0.394. The normalized spacial score (nSPS) is 19.3. The maximum Gasteiger partial charge on any atom is 0.113 e. The summed E-state index contributed by atoms with van der Waals surface area (Å²) in [5.41, 5.74) is 0.860. The van der Waals surface area contributed by atoms with Crippen LogP contribution in [-0.4, -0.2) is 18.4 Å². The maximum absolute atomic E-state index is 5.99. The standard InChI is InChI=1S/C10H14Cl2N2/c1-13-6-9(12)10(14-7-11)5-8-3-2-4-8/h6,8H,1-5,7H2/b9-6+,14-10-. The van der Waals surface area contributed by atoms with Gasteiger partial charge in [-0.3, -0.25) is 9.98 Å². The van der Waals surface area contributed by atoms with Crippen LogP contribution in [-0.2, 0) is 0 Å². The first-order chi connectivity index (χ1) is 6.77. The van der Waals surface area contributed by atoms with Crippen LogP contribution >= 0.6 is 23.2 Å². The van der Waals surface area contributed by atoms with Gasteiger partial charge in [-0.1, -0.05) is 30.9 Å². The Morgan fingerprint density at radius 2 is 2.21 bits per heavy atom. The van der Waals surface area contributed by atoms with Crippen molar-refractivity contribution in [3.05, 3.63) is 11.2 Å². The zero-order valence-electron chi connectivity index (χ0n) is 8.05. The van der Waals surface area contributed by atoms with E-state index in [1.54, 1.807) is 0 Å². The highest BCUT2D eigenvalue weighted by Gasteiger charge is 2.20. The van der Waals surface area contributed by atoms with Gasteiger partial charge in [0.2, 0.25) is 0 Å². The third-order valence-electron chi connectivity index (χ3n) is 2.44. The van der Waals surface area contributed by atoms with Crippen LogP contribution in [0.25, 0.3) is 0 Å². The number of allylic oxidation sites excluding steroid dienone is 1. The van der Waals surface area contributed by atoms with Gasteiger partial charge in [0.05, 0.1) is 10.7 Å². The number of aliphatic imine (C=N–C) groups is 2. The second-order valence-electron chi connectivity index (χ2n) is 3.38. The van der Waals surface area contributed by atoms with E-state index in [0.717, 1.165) is 18.1 Å². The van der Waals surface area contributed by atoms with E-state index in [4.69, 9.17) is 23.2 Å². The van der Waals surface area contributed by atoms with Gasteiger partial charge < -0.3 is 0 Å². The number of rotatable bonds is 5. The molecule has 0 aromatic heterocycles. The van der Waals surface area contributed by atoms with Gasteiger partial charge in [0.15, 0.2) is 0 Å². The van der Waals surface area contributed by atoms with Crippen LogP contribution in [0.2, 0.25) is 0 Å². The summed E-state index contributed by atoms with van der Waals surface area (Å²) in [5, 5.41) is 0.563. The van der Waals surface area contributed by atoms with Crippen LogP contribution in [0.3, 0.4) is 0 Å². The van der Waals surface area contributed by atoms with Crippen molar-refractivity contribution < 1.29 is 0 Å². The molecule has 0 heterocycles. The summed E-state index contributed by atoms with van der Waals surface area (Å²) in [5.74, 6) is 0.726. The number of hydrogen-bond acceptors (Lipinski definition) is 2. The molecule has 0 unspecified atom stereocenters. The third-order valence-corrected chi connectivity index (χ3v) is 2.87. The molecule has 14 heavy (non-hydrogen) atoms. The predicted molar refractivity (Wildman–Crippen MR) is 63.6 cm³/mol. The molecular weight excluding hydrogens is 219 g/mol. The van der Waals surface area contributed by atoms with Crippen molar-refractivity contribution in [1.29, 1.82) is 0 Å². The minimum Gasteiger partial charge on any atom is -0.272 e. The van der Waals surface area contributed by atoms with Crippen molar-refractivity contribution in [3.8, 4) is 0 Å². The number of hydrogen-bond donors (Lipinski definition) is 0. The molecule has 0 bridgehead atoms. The summed E-state index contributed by atoms with van der Waals surface area (Å²) in [6.45, 7) is 3.36. The van der Waals surface area contributed by atoms with E-state index in [9.17, 15) is 0 Å². The molecule has 0 spiro atoms. The summed E-state index contributed by atoms with van der Waals surface area (Å²) < 4.78 is 0. The van der Waals surface area contributed by atoms with E-state index in [0.29, 0.717) is 5.03 Å². The lowest BCUT2D eigenvalue weighted by Gasteiger charge is -2.25. The molecule has 0 amide bonds. The van der Waals surface area contributed by atoms with Gasteiger partial charge in [0.25, 0.3) is 0 Å². The lowest BCUT2D eigenvalue weighted by atomic mass is 9.81. The average Bonchev–Trinajstić information content (AvgIpc) is 2.09. The Bertz CT molecular complexity index is 255. The molecule has 0 saturated heterocycles. The zero-order valence-corrected chi connectivity index (χ0v) is 9.56. The lowest BCUT2D eigenvalue weighted by Crippen LogP contribution is -2.16. The fourth-order valence-electron chi connectivity index (χ4n) is 1.43. The molecule has 1 aliphatic rings. The molecule has 0 N–H and O–H groups in total. The SMILES string of the molecule is C=N/C=C(Cl)\C(CC1CCC1)=N/CCl. The van der Waals surface area contributed by atoms with Gasteiger partial charge in [-0.05, 0) is 19.1 Å². The second kappa shape index (κ2) is 6.20. The van der Waals surface area contributed by atoms with Crippen LogP contribution in [0, 0.1) is 5.92 Å². The van der Waals surface area contributed by atoms with Crippen LogP contribution in [0.4, 0.5) is 0 Å². The van der Waals surface area contributed by atoms with Crippen LogP contribution in [0.1, 0.15) is 25.7 Å². The Kier molecular flexibility index (Phi) is 5.20. The Morgan fingerprint density at radius 3 is 2.64 bits per heavy atom. The van der Waals surface area contributed by atoms with Gasteiger partial charge >= 0.3 is 0 Å². The topological polar surface area (TPSA) is 24.7 Å². The molecule has 0 aromatic rings. The first kappa shape index (κ1) is 11.7. The number of nitrogens with zero attached hydrogens (tertiary/aromatic N) is 2. The predicted octanol–water partition coefficient (Wildman–Crippen LogP) is 3.59. The smallest absolute Gasteiger partial charge is 0.113 e. The Balaban J connectivity index is 2.58. The molecule has 1 aliphatic carbocycles. The summed E-state index contributed by atoms with van der Waals surface area (Å²) in [7, 11) is 0. The number of halogens is 2. The molecule has 0 aliphatic heterocycles. The van der Waals surface area contributed by atoms with Crippen molar-refractivity contribution in [2.24, 2.45) is 15.9 Å². The minimum absolute atomic E-state index is 0.253. The molecule has 0 atom stereocenters. The second-order valence-corrected chi connectivity index (χ2v) is 4.03. The van der Waals surface area contributed by atoms with Gasteiger partial charge in [0.1, 0.15) is 6.00 Å². The van der Waals surface area contributed by atoms with E-state index in [-0.39, 0.29) is 6.00 Å². The summed E-state index contributed by atoms with van der Waals surface area (Å²) in [6.07, 6.45) is 6.29. The molecule has 1 saturated carbocycles. The van der Waals surface area contributed by atoms with Crippen molar-refractivity contribution in [3.63, 3.8) is 0 Å². The van der Waals surface area contributed by atoms with Gasteiger partial charge in [-0.25, -0.2) is 0 Å². The summed E-state index contributed by atoms with van der Waals surface area (Å²) >= 11 is 11.6. The zero-order chi connectivity index (χ0) is 10.4. The number of alkyl halides is 1. The summed E-state index contributed by atoms with van der Waals surface area (Å²) in [6, 6.07) is 0.253. The van der Waals surface area contributed by atoms with E-state index < -0.39 is 0 Å². The van der Waals surface area contributed by atoms with Gasteiger partial charge in [-0.15, -0.1) is 11.6 Å². The monoisotopic (exact) mass is 232 g/mol. The van der Waals surface area contributed by atoms with E-state index in [2.05, 4.69) is 16.7 Å². The highest BCUT2D eigenvalue weighted by atomic mass is 35.5. The van der Waals surface area contributed by atoms with Crippen molar-refractivity contribution in [2.75, 3.05) is 6.00 Å². The first-order valence-corrected chi connectivity index (χ1v) is 5.60. The molecule has 78 valence electrons. The molecule has 2 nitrogen and oxygen atoms in total. The molecular formula is C10H14Cl2N2. The van der Waals surface area contributed by atoms with E-state index in [1.807, 2.05) is 0 Å². The fraction of sp³-hybridized carbons (Fsp3) is 0.600. The Labute approximate surface area is 94.7 Å². The van der Waals surface area contributed by atoms with Crippen LogP contribution in [0.15, 0.2) is 21.2 Å². The first-order valence-electron chi connectivity index (χ1n) is 4.69. The fourth-order valence-corrected chi connectivity index (χ4v) is 1.78. The molecule has 1 rings (SSSR count). The van der Waals surface area contributed by atoms with Crippen molar-refractivity contribution >= 4 is 35.6 Å². The molecule has 1 fully saturated rings. The van der Waals surface area contributed by atoms with Gasteiger partial charge in [0, 0.05) is 6.20 Å². The molecule has 0 aromatic carbocycles. The van der Waals surface area contributed by atoms with E-state index >= 15 is 0 Å². The highest BCUT2D eigenvalue weighted by Crippen LogP contribution is 2.31. The highest BCUT2D eigenvalue weighted by molar-refractivity contribution is 6.43. The Morgan fingerprint density at radius 1 is 1.50 bits per heavy atom. The van der Waals surface area contributed by atoms with Crippen LogP contribution < -0.4 is 0 Å². The molecule has 0 radical (unpaired) electrons. The molecule has 4 heteroatoms. The third kappa shape index (κ3) is 3.43. The van der Waals surface area contributed by atoms with E-state index in [1.165, 1.54) is 25.5 Å². The van der Waals surface area contributed by atoms with Gasteiger partial charge in [-0.2, -0.15) is 0 Å². The van der Waals surface area contributed by atoms with Crippen molar-refractivity contribution in [1.82, 2.24) is 0 Å². The van der Waals surface area contributed by atoms with Crippen LogP contribution in [0.5, 0.6) is 0 Å². The minimum atomic E-state index is 0.253. The largest absolute Gasteiger partial charge is 0.272 e. The average molecular weight is 233 g/mol. The van der Waals surface area contributed by atoms with Crippen molar-refractivity contribution in [2.45, 2.75) is 25.7 Å². The summed E-state index contributed by atoms with van der Waals surface area (Å²) in [4.78, 5) is 7.78. The lowest BCUT2D eigenvalue weighted by molar-refractivity contribution is 0.327.